The molecule has 0 N–H and O–H groups in total. The Hall–Kier alpha value is -0.820. The quantitative estimate of drug-likeness (QED) is 0.597. The minimum atomic E-state index is 0.673. The second-order valence-corrected chi connectivity index (χ2v) is 2.11. The lowest BCUT2D eigenvalue weighted by atomic mass is 10.2. The molecule has 0 saturated carbocycles. The fourth-order valence-corrected chi connectivity index (χ4v) is 0.737. The Morgan fingerprint density at radius 2 is 1.73 bits per heavy atom. The largest absolute Gasteiger partial charge is 0.377 e. The molecule has 0 bridgehead atoms. The van der Waals surface area contributed by atoms with Crippen molar-refractivity contribution in [2.24, 2.45) is 0 Å². The van der Waals surface area contributed by atoms with E-state index in [2.05, 4.69) is 6.58 Å². The minimum Gasteiger partial charge on any atom is -0.377 e. The molecule has 0 fully saturated rings. The summed E-state index contributed by atoms with van der Waals surface area (Å²) in [6.07, 6.45) is 7.75. The standard InChI is InChI=1S/C10H16O.2C2H6/c1-4-7-10(8-5-2)9-11-6-3;2*1-2/h4-5,7-8H,1,6,9H2,2-3H3;2*1-2H3/b8-5-,10-7+;;. The summed E-state index contributed by atoms with van der Waals surface area (Å²) in [5.41, 5.74) is 1.16. The van der Waals surface area contributed by atoms with Gasteiger partial charge < -0.3 is 4.74 Å². The lowest BCUT2D eigenvalue weighted by Gasteiger charge is -2.00. The maximum absolute atomic E-state index is 5.23. The first-order valence-electron chi connectivity index (χ1n) is 5.87. The Bertz CT molecular complexity index is 155. The van der Waals surface area contributed by atoms with Gasteiger partial charge in [-0.3, -0.25) is 0 Å². The van der Waals surface area contributed by atoms with E-state index in [1.807, 2.05) is 59.8 Å². The molecule has 0 spiro atoms. The molecule has 0 aromatic rings. The molecule has 0 amide bonds. The summed E-state index contributed by atoms with van der Waals surface area (Å²) in [6.45, 7) is 17.0. The Balaban J connectivity index is -0.000000318. The summed E-state index contributed by atoms with van der Waals surface area (Å²) < 4.78 is 5.23. The highest BCUT2D eigenvalue weighted by atomic mass is 16.5. The fourth-order valence-electron chi connectivity index (χ4n) is 0.737. The van der Waals surface area contributed by atoms with Crippen LogP contribution in [0.3, 0.4) is 0 Å². The number of allylic oxidation sites excluding steroid dienone is 3. The molecule has 0 aliphatic heterocycles. The predicted octanol–water partition coefficient (Wildman–Crippen LogP) is 4.76. The molecular weight excluding hydrogens is 184 g/mol. The van der Waals surface area contributed by atoms with Crippen molar-refractivity contribution in [3.8, 4) is 0 Å². The van der Waals surface area contributed by atoms with Gasteiger partial charge in [-0.15, -0.1) is 0 Å². The molecule has 0 aliphatic carbocycles. The minimum absolute atomic E-state index is 0.673. The van der Waals surface area contributed by atoms with Crippen LogP contribution in [-0.4, -0.2) is 13.2 Å². The Morgan fingerprint density at radius 1 is 1.20 bits per heavy atom. The Kier molecular flexibility index (Phi) is 30.5. The molecule has 0 unspecified atom stereocenters. The Morgan fingerprint density at radius 3 is 2.07 bits per heavy atom. The Labute approximate surface area is 96.5 Å². The first-order chi connectivity index (χ1) is 7.35. The van der Waals surface area contributed by atoms with E-state index in [-0.39, 0.29) is 0 Å². The molecule has 0 rings (SSSR count). The second kappa shape index (κ2) is 23.2. The van der Waals surface area contributed by atoms with E-state index in [0.29, 0.717) is 6.61 Å². The van der Waals surface area contributed by atoms with Gasteiger partial charge in [-0.2, -0.15) is 0 Å². The van der Waals surface area contributed by atoms with Crippen LogP contribution in [0.25, 0.3) is 0 Å². The van der Waals surface area contributed by atoms with Gasteiger partial charge >= 0.3 is 0 Å². The topological polar surface area (TPSA) is 9.23 Å². The van der Waals surface area contributed by atoms with Crippen LogP contribution in [0, 0.1) is 0 Å². The molecule has 0 saturated heterocycles. The molecule has 15 heavy (non-hydrogen) atoms. The van der Waals surface area contributed by atoms with Crippen molar-refractivity contribution in [1.82, 2.24) is 0 Å². The zero-order valence-electron chi connectivity index (χ0n) is 11.3. The SMILES string of the molecule is C=C/C=C(\C=C/C)COCC.CC.CC. The van der Waals surface area contributed by atoms with Crippen molar-refractivity contribution in [2.45, 2.75) is 41.5 Å². The van der Waals surface area contributed by atoms with Crippen LogP contribution >= 0.6 is 0 Å². The number of rotatable bonds is 5. The van der Waals surface area contributed by atoms with Crippen LogP contribution in [0.15, 0.2) is 36.5 Å². The number of hydrogen-bond acceptors (Lipinski definition) is 1. The van der Waals surface area contributed by atoms with Crippen molar-refractivity contribution < 1.29 is 4.74 Å². The summed E-state index contributed by atoms with van der Waals surface area (Å²) in [5, 5.41) is 0. The highest BCUT2D eigenvalue weighted by molar-refractivity contribution is 5.22. The average molecular weight is 212 g/mol. The maximum atomic E-state index is 5.23. The van der Waals surface area contributed by atoms with Gasteiger partial charge in [0.1, 0.15) is 0 Å². The third-order valence-corrected chi connectivity index (χ3v) is 1.19. The molecule has 0 aliphatic rings. The van der Waals surface area contributed by atoms with E-state index in [9.17, 15) is 0 Å². The zero-order chi connectivity index (χ0) is 12.5. The highest BCUT2D eigenvalue weighted by Gasteiger charge is 1.88. The summed E-state index contributed by atoms with van der Waals surface area (Å²) in [5.74, 6) is 0. The van der Waals surface area contributed by atoms with Crippen molar-refractivity contribution in [3.05, 3.63) is 36.5 Å². The smallest absolute Gasteiger partial charge is 0.0716 e. The van der Waals surface area contributed by atoms with E-state index in [4.69, 9.17) is 4.74 Å². The van der Waals surface area contributed by atoms with Crippen LogP contribution < -0.4 is 0 Å². The predicted molar refractivity (Wildman–Crippen MR) is 72.3 cm³/mol. The van der Waals surface area contributed by atoms with Crippen LogP contribution in [0.1, 0.15) is 41.5 Å². The molecular formula is C14H28O. The van der Waals surface area contributed by atoms with Crippen molar-refractivity contribution in [2.75, 3.05) is 13.2 Å². The van der Waals surface area contributed by atoms with E-state index in [1.54, 1.807) is 6.08 Å². The first kappa shape index (κ1) is 19.7. The maximum Gasteiger partial charge on any atom is 0.0716 e. The third-order valence-electron chi connectivity index (χ3n) is 1.19. The first-order valence-corrected chi connectivity index (χ1v) is 5.87. The van der Waals surface area contributed by atoms with Crippen molar-refractivity contribution in [3.63, 3.8) is 0 Å². The van der Waals surface area contributed by atoms with E-state index in [0.717, 1.165) is 12.2 Å². The van der Waals surface area contributed by atoms with Crippen LogP contribution in [0.4, 0.5) is 0 Å². The zero-order valence-corrected chi connectivity index (χ0v) is 11.3. The van der Waals surface area contributed by atoms with E-state index >= 15 is 0 Å². The van der Waals surface area contributed by atoms with E-state index < -0.39 is 0 Å². The molecule has 0 aromatic heterocycles. The summed E-state index contributed by atoms with van der Waals surface area (Å²) >= 11 is 0. The van der Waals surface area contributed by atoms with Crippen molar-refractivity contribution in [1.29, 1.82) is 0 Å². The highest BCUT2D eigenvalue weighted by Crippen LogP contribution is 1.97. The summed E-state index contributed by atoms with van der Waals surface area (Å²) in [7, 11) is 0. The van der Waals surface area contributed by atoms with Crippen LogP contribution in [-0.2, 0) is 4.74 Å². The van der Waals surface area contributed by atoms with Gasteiger partial charge in [0, 0.05) is 6.61 Å². The number of ether oxygens (including phenoxy) is 1. The molecule has 1 heteroatoms. The summed E-state index contributed by atoms with van der Waals surface area (Å²) in [4.78, 5) is 0. The van der Waals surface area contributed by atoms with Crippen LogP contribution in [0.5, 0.6) is 0 Å². The van der Waals surface area contributed by atoms with Gasteiger partial charge in [0.25, 0.3) is 0 Å². The normalized spacial score (nSPS) is 9.87. The number of hydrogen-bond donors (Lipinski definition) is 0. The monoisotopic (exact) mass is 212 g/mol. The van der Waals surface area contributed by atoms with Gasteiger partial charge in [0.15, 0.2) is 0 Å². The molecule has 90 valence electrons. The van der Waals surface area contributed by atoms with Crippen LogP contribution in [0.2, 0.25) is 0 Å². The summed E-state index contributed by atoms with van der Waals surface area (Å²) in [6, 6.07) is 0. The molecule has 1 nitrogen and oxygen atoms in total. The molecule has 0 radical (unpaired) electrons. The fraction of sp³-hybridized carbons (Fsp3) is 0.571. The van der Waals surface area contributed by atoms with Gasteiger partial charge in [0.2, 0.25) is 0 Å². The van der Waals surface area contributed by atoms with Gasteiger partial charge in [0.05, 0.1) is 6.61 Å². The average Bonchev–Trinajstić information content (AvgIpc) is 2.32. The van der Waals surface area contributed by atoms with E-state index in [1.165, 1.54) is 0 Å². The molecule has 0 atom stereocenters. The van der Waals surface area contributed by atoms with Gasteiger partial charge in [-0.25, -0.2) is 0 Å². The van der Waals surface area contributed by atoms with Gasteiger partial charge in [-0.1, -0.05) is 58.6 Å². The van der Waals surface area contributed by atoms with Crippen molar-refractivity contribution >= 4 is 0 Å². The lowest BCUT2D eigenvalue weighted by Crippen LogP contribution is -1.94. The lowest BCUT2D eigenvalue weighted by molar-refractivity contribution is 0.173. The second-order valence-electron chi connectivity index (χ2n) is 2.11. The third kappa shape index (κ3) is 19.5. The van der Waals surface area contributed by atoms with Gasteiger partial charge in [-0.05, 0) is 19.4 Å². The molecule has 0 aromatic carbocycles. The molecule has 0 heterocycles.